The molecule has 1 aliphatic heterocycles. The molecule has 1 unspecified atom stereocenters. The van der Waals surface area contributed by atoms with Crippen molar-refractivity contribution in [3.63, 3.8) is 0 Å². The highest BCUT2D eigenvalue weighted by Crippen LogP contribution is 2.23. The number of nitrogens with zero attached hydrogens (tertiary/aromatic N) is 3. The predicted molar refractivity (Wildman–Crippen MR) is 132 cm³/mol. The van der Waals surface area contributed by atoms with Crippen LogP contribution in [0.1, 0.15) is 30.9 Å². The molecule has 5 nitrogen and oxygen atoms in total. The van der Waals surface area contributed by atoms with Gasteiger partial charge in [0.05, 0.1) is 0 Å². The highest BCUT2D eigenvalue weighted by Gasteiger charge is 2.18. The molecule has 0 aliphatic carbocycles. The minimum atomic E-state index is 0.285. The summed E-state index contributed by atoms with van der Waals surface area (Å²) in [6.45, 7) is 13.4. The first-order valence-electron chi connectivity index (χ1n) is 11.7. The first-order valence-corrected chi connectivity index (χ1v) is 11.7. The molecule has 0 saturated carbocycles. The van der Waals surface area contributed by atoms with Crippen molar-refractivity contribution in [1.82, 2.24) is 20.4 Å². The van der Waals surface area contributed by atoms with Crippen molar-refractivity contribution in [1.29, 1.82) is 0 Å². The van der Waals surface area contributed by atoms with Crippen molar-refractivity contribution in [3.8, 4) is 0 Å². The number of likely N-dealkylation sites (N-methyl/N-ethyl adjacent to an activating group) is 1. The van der Waals surface area contributed by atoms with E-state index in [2.05, 4.69) is 99.9 Å². The molecule has 0 bridgehead atoms. The van der Waals surface area contributed by atoms with Gasteiger partial charge in [-0.05, 0) is 23.6 Å². The number of guanidine groups is 1. The molecular weight excluding hydrogens is 382 g/mol. The Hall–Kier alpha value is -2.37. The van der Waals surface area contributed by atoms with Gasteiger partial charge in [-0.25, -0.2) is 0 Å². The van der Waals surface area contributed by atoms with Crippen molar-refractivity contribution < 1.29 is 0 Å². The number of hydrogen-bond acceptors (Lipinski definition) is 3. The second-order valence-corrected chi connectivity index (χ2v) is 8.55. The van der Waals surface area contributed by atoms with E-state index in [0.717, 1.165) is 25.6 Å². The van der Waals surface area contributed by atoms with Crippen LogP contribution in [0, 0.1) is 5.92 Å². The normalized spacial score (nSPS) is 17.0. The number of benzene rings is 2. The molecule has 0 spiro atoms. The van der Waals surface area contributed by atoms with E-state index in [1.54, 1.807) is 0 Å². The second kappa shape index (κ2) is 12.5. The fourth-order valence-corrected chi connectivity index (χ4v) is 4.28. The van der Waals surface area contributed by atoms with Gasteiger partial charge in [-0.15, -0.1) is 0 Å². The lowest BCUT2D eigenvalue weighted by Crippen LogP contribution is -2.48. The van der Waals surface area contributed by atoms with Crippen LogP contribution in [0.4, 0.5) is 0 Å². The highest BCUT2D eigenvalue weighted by atomic mass is 15.3. The molecule has 2 aromatic carbocycles. The Balaban J connectivity index is 1.49. The van der Waals surface area contributed by atoms with Gasteiger partial charge in [0.2, 0.25) is 0 Å². The third kappa shape index (κ3) is 7.37. The Bertz CT molecular complexity index is 729. The van der Waals surface area contributed by atoms with Crippen LogP contribution in [0.2, 0.25) is 0 Å². The van der Waals surface area contributed by atoms with Gasteiger partial charge in [-0.1, -0.05) is 74.5 Å². The van der Waals surface area contributed by atoms with Gasteiger partial charge in [-0.3, -0.25) is 4.99 Å². The summed E-state index contributed by atoms with van der Waals surface area (Å²) >= 11 is 0. The SMILES string of the molecule is CCN1CCN(CC(C)CNC(=NC)NCC(c2ccccc2)c2ccccc2)CC1. The molecular formula is C26H39N5. The zero-order valence-electron chi connectivity index (χ0n) is 19.4. The standard InChI is InChI=1S/C26H39N5/c1-4-30-15-17-31(18-16-30)21-22(2)19-28-26(27-3)29-20-25(23-11-7-5-8-12-23)24-13-9-6-10-14-24/h5-14,22,25H,4,15-21H2,1-3H3,(H2,27,28,29). The van der Waals surface area contributed by atoms with E-state index < -0.39 is 0 Å². The van der Waals surface area contributed by atoms with Crippen molar-refractivity contribution in [3.05, 3.63) is 71.8 Å². The van der Waals surface area contributed by atoms with Gasteiger partial charge < -0.3 is 20.4 Å². The molecule has 1 fully saturated rings. The summed E-state index contributed by atoms with van der Waals surface area (Å²) in [4.78, 5) is 9.58. The van der Waals surface area contributed by atoms with E-state index >= 15 is 0 Å². The number of aliphatic imine (C=N–C) groups is 1. The maximum atomic E-state index is 4.46. The van der Waals surface area contributed by atoms with Crippen molar-refractivity contribution in [2.45, 2.75) is 19.8 Å². The molecule has 3 rings (SSSR count). The number of piperazine rings is 1. The topological polar surface area (TPSA) is 42.9 Å². The van der Waals surface area contributed by atoms with Crippen LogP contribution >= 0.6 is 0 Å². The molecule has 2 N–H and O–H groups in total. The molecule has 31 heavy (non-hydrogen) atoms. The summed E-state index contributed by atoms with van der Waals surface area (Å²) in [6, 6.07) is 21.4. The lowest BCUT2D eigenvalue weighted by atomic mass is 9.91. The summed E-state index contributed by atoms with van der Waals surface area (Å²) in [5, 5.41) is 7.10. The number of nitrogens with one attached hydrogen (secondary N) is 2. The predicted octanol–water partition coefficient (Wildman–Crippen LogP) is 3.26. The smallest absolute Gasteiger partial charge is 0.191 e. The third-order valence-electron chi connectivity index (χ3n) is 6.20. The Morgan fingerprint density at radius 2 is 1.35 bits per heavy atom. The molecule has 1 heterocycles. The van der Waals surface area contributed by atoms with E-state index in [-0.39, 0.29) is 5.92 Å². The summed E-state index contributed by atoms with van der Waals surface area (Å²) in [5.41, 5.74) is 2.63. The maximum absolute atomic E-state index is 4.46. The molecule has 168 valence electrons. The Morgan fingerprint density at radius 3 is 1.87 bits per heavy atom. The molecule has 1 saturated heterocycles. The zero-order chi connectivity index (χ0) is 21.9. The van der Waals surface area contributed by atoms with Gasteiger partial charge in [-0.2, -0.15) is 0 Å². The monoisotopic (exact) mass is 421 g/mol. The first-order chi connectivity index (χ1) is 15.2. The van der Waals surface area contributed by atoms with Crippen LogP contribution in [0.25, 0.3) is 0 Å². The fraction of sp³-hybridized carbons (Fsp3) is 0.500. The van der Waals surface area contributed by atoms with Crippen molar-refractivity contribution in [2.75, 3.05) is 59.4 Å². The van der Waals surface area contributed by atoms with E-state index in [9.17, 15) is 0 Å². The summed E-state index contributed by atoms with van der Waals surface area (Å²) < 4.78 is 0. The number of hydrogen-bond donors (Lipinski definition) is 2. The van der Waals surface area contributed by atoms with E-state index in [0.29, 0.717) is 5.92 Å². The lowest BCUT2D eigenvalue weighted by molar-refractivity contribution is 0.124. The van der Waals surface area contributed by atoms with Crippen LogP contribution in [0.5, 0.6) is 0 Å². The van der Waals surface area contributed by atoms with E-state index in [1.807, 2.05) is 7.05 Å². The van der Waals surface area contributed by atoms with Gasteiger partial charge in [0.1, 0.15) is 0 Å². The maximum Gasteiger partial charge on any atom is 0.191 e. The minimum absolute atomic E-state index is 0.285. The van der Waals surface area contributed by atoms with Gasteiger partial charge in [0, 0.05) is 58.8 Å². The Morgan fingerprint density at radius 1 is 0.839 bits per heavy atom. The number of rotatable bonds is 9. The Labute approximate surface area is 188 Å². The molecule has 1 atom stereocenters. The lowest BCUT2D eigenvalue weighted by Gasteiger charge is -2.35. The van der Waals surface area contributed by atoms with Crippen LogP contribution in [-0.4, -0.2) is 75.2 Å². The van der Waals surface area contributed by atoms with Crippen molar-refractivity contribution >= 4 is 5.96 Å². The average Bonchev–Trinajstić information content (AvgIpc) is 2.83. The molecule has 2 aromatic rings. The molecule has 1 aliphatic rings. The fourth-order valence-electron chi connectivity index (χ4n) is 4.28. The molecule has 5 heteroatoms. The quantitative estimate of drug-likeness (QED) is 0.482. The van der Waals surface area contributed by atoms with Crippen molar-refractivity contribution in [2.24, 2.45) is 10.9 Å². The largest absolute Gasteiger partial charge is 0.356 e. The molecule has 0 aromatic heterocycles. The zero-order valence-corrected chi connectivity index (χ0v) is 19.4. The van der Waals surface area contributed by atoms with E-state index in [4.69, 9.17) is 0 Å². The minimum Gasteiger partial charge on any atom is -0.356 e. The summed E-state index contributed by atoms with van der Waals surface area (Å²) in [5.74, 6) is 1.73. The van der Waals surface area contributed by atoms with E-state index in [1.165, 1.54) is 43.9 Å². The first kappa shape index (κ1) is 23.3. The van der Waals surface area contributed by atoms with Gasteiger partial charge >= 0.3 is 0 Å². The van der Waals surface area contributed by atoms with Gasteiger partial charge in [0.15, 0.2) is 5.96 Å². The highest BCUT2D eigenvalue weighted by molar-refractivity contribution is 5.79. The Kier molecular flexibility index (Phi) is 9.38. The van der Waals surface area contributed by atoms with Crippen LogP contribution in [0.15, 0.2) is 65.7 Å². The molecule has 0 radical (unpaired) electrons. The van der Waals surface area contributed by atoms with Crippen LogP contribution in [-0.2, 0) is 0 Å². The average molecular weight is 422 g/mol. The second-order valence-electron chi connectivity index (χ2n) is 8.55. The molecule has 0 amide bonds. The third-order valence-corrected chi connectivity index (χ3v) is 6.20. The van der Waals surface area contributed by atoms with Crippen LogP contribution in [0.3, 0.4) is 0 Å². The summed E-state index contributed by atoms with van der Waals surface area (Å²) in [7, 11) is 1.85. The van der Waals surface area contributed by atoms with Gasteiger partial charge in [0.25, 0.3) is 0 Å². The van der Waals surface area contributed by atoms with Crippen LogP contribution < -0.4 is 10.6 Å². The summed E-state index contributed by atoms with van der Waals surface area (Å²) in [6.07, 6.45) is 0.